The number of rotatable bonds is 6. The quantitative estimate of drug-likeness (QED) is 0.389. The van der Waals surface area contributed by atoms with E-state index >= 15 is 0 Å². The maximum atomic E-state index is 11.1. The second kappa shape index (κ2) is 8.04. The molecular weight excluding hydrogens is 205 g/mol. The molecule has 2 nitrogen and oxygen atoms in total. The van der Waals surface area contributed by atoms with Crippen molar-refractivity contribution in [2.75, 3.05) is 0 Å². The Labute approximate surface area is 96.3 Å². The molecule has 0 amide bonds. The predicted octanol–water partition coefficient (Wildman–Crippen LogP) is 4.05. The molecule has 0 saturated carbocycles. The van der Waals surface area contributed by atoms with Gasteiger partial charge in [-0.3, -0.25) is 0 Å². The van der Waals surface area contributed by atoms with Crippen molar-refractivity contribution in [3.63, 3.8) is 0 Å². The number of nitrogens with zero attached hydrogens (tertiary/aromatic N) is 1. The monoisotopic (exact) mass is 228 g/mol. The highest BCUT2D eigenvalue weighted by molar-refractivity contribution is 7.13. The van der Waals surface area contributed by atoms with Crippen molar-refractivity contribution < 1.29 is 0 Å². The van der Waals surface area contributed by atoms with E-state index in [0.29, 0.717) is 0 Å². The summed E-state index contributed by atoms with van der Waals surface area (Å²) in [6, 6.07) is 0.00158. The Balaban J connectivity index is 4.11. The van der Waals surface area contributed by atoms with E-state index in [2.05, 4.69) is 42.3 Å². The van der Waals surface area contributed by atoms with Crippen molar-refractivity contribution in [1.29, 1.82) is 0 Å². The molecule has 0 bridgehead atoms. The summed E-state index contributed by atoms with van der Waals surface area (Å²) >= 11 is 0. The van der Waals surface area contributed by atoms with Crippen molar-refractivity contribution in [2.24, 2.45) is 0 Å². The minimum absolute atomic E-state index is 0.00158. The number of allylic oxidation sites excluding steroid dienone is 3. The molecule has 2 atom stereocenters. The molecule has 0 aromatic heterocycles. The molecule has 0 saturated heterocycles. The van der Waals surface area contributed by atoms with Crippen LogP contribution in [0.4, 0.5) is 0 Å². The van der Waals surface area contributed by atoms with Gasteiger partial charge in [-0.05, 0) is 40.0 Å². The van der Waals surface area contributed by atoms with Crippen LogP contribution in [0.25, 0.3) is 0 Å². The van der Waals surface area contributed by atoms with Crippen molar-refractivity contribution in [2.45, 2.75) is 53.0 Å². The fourth-order valence-electron chi connectivity index (χ4n) is 1.37. The second-order valence-electron chi connectivity index (χ2n) is 4.17. The standard InChI is InChI=1S/C12H23NOP/c1-5-12(13(14)15)9-11(4)8-6-7-10(2)3/h7,9,12H,5-6,8,15H2,1-4H3/q-1/b11-9+. The molecule has 0 aliphatic rings. The summed E-state index contributed by atoms with van der Waals surface area (Å²) in [5, 5.41) is 11.1. The predicted molar refractivity (Wildman–Crippen MR) is 71.4 cm³/mol. The van der Waals surface area contributed by atoms with Gasteiger partial charge in [-0.2, -0.15) is 0 Å². The van der Waals surface area contributed by atoms with Gasteiger partial charge >= 0.3 is 0 Å². The van der Waals surface area contributed by atoms with Crippen LogP contribution in [0.15, 0.2) is 23.3 Å². The van der Waals surface area contributed by atoms with E-state index in [-0.39, 0.29) is 6.04 Å². The molecule has 0 heterocycles. The van der Waals surface area contributed by atoms with Crippen LogP contribution in [0.2, 0.25) is 0 Å². The third-order valence-corrected chi connectivity index (χ3v) is 2.70. The first-order valence-electron chi connectivity index (χ1n) is 5.49. The fraction of sp³-hybridized carbons (Fsp3) is 0.667. The maximum Gasteiger partial charge on any atom is 0.0188 e. The van der Waals surface area contributed by atoms with Crippen LogP contribution in [0, 0.1) is 5.21 Å². The SMILES string of the molecule is CCC(/C=C(\C)CCC=C(C)C)N([O-])P. The summed E-state index contributed by atoms with van der Waals surface area (Å²) in [5.74, 6) is 0. The molecule has 0 radical (unpaired) electrons. The summed E-state index contributed by atoms with van der Waals surface area (Å²) in [6.45, 7) is 8.33. The summed E-state index contributed by atoms with van der Waals surface area (Å²) in [4.78, 5) is 0.949. The van der Waals surface area contributed by atoms with E-state index in [4.69, 9.17) is 0 Å². The van der Waals surface area contributed by atoms with Gasteiger partial charge in [-0.15, -0.1) is 0 Å². The van der Waals surface area contributed by atoms with Gasteiger partial charge in [0, 0.05) is 6.04 Å². The number of hydrogen-bond donors (Lipinski definition) is 0. The molecule has 0 fully saturated rings. The molecule has 0 aliphatic heterocycles. The van der Waals surface area contributed by atoms with Crippen molar-refractivity contribution in [3.05, 3.63) is 28.5 Å². The lowest BCUT2D eigenvalue weighted by molar-refractivity contribution is 0.502. The number of hydroxylamine groups is 1. The minimum atomic E-state index is 0.00158. The van der Waals surface area contributed by atoms with Crippen LogP contribution in [-0.2, 0) is 0 Å². The smallest absolute Gasteiger partial charge is 0.0188 e. The molecule has 0 rings (SSSR count). The van der Waals surface area contributed by atoms with Gasteiger partial charge in [0.15, 0.2) is 0 Å². The minimum Gasteiger partial charge on any atom is -0.782 e. The lowest BCUT2D eigenvalue weighted by Gasteiger charge is -2.30. The Bertz CT molecular complexity index is 230. The largest absolute Gasteiger partial charge is 0.782 e. The zero-order valence-corrected chi connectivity index (χ0v) is 11.4. The Morgan fingerprint density at radius 1 is 1.40 bits per heavy atom. The van der Waals surface area contributed by atoms with Gasteiger partial charge in [0.25, 0.3) is 0 Å². The van der Waals surface area contributed by atoms with Crippen molar-refractivity contribution in [3.8, 4) is 0 Å². The molecule has 88 valence electrons. The van der Waals surface area contributed by atoms with Crippen molar-refractivity contribution >= 4 is 9.39 Å². The molecule has 2 unspecified atom stereocenters. The zero-order chi connectivity index (χ0) is 11.8. The first-order valence-corrected chi connectivity index (χ1v) is 6.00. The third kappa shape index (κ3) is 7.72. The van der Waals surface area contributed by atoms with Crippen LogP contribution >= 0.6 is 9.39 Å². The molecule has 0 aromatic carbocycles. The maximum absolute atomic E-state index is 11.1. The van der Waals surface area contributed by atoms with Gasteiger partial charge in [0.1, 0.15) is 0 Å². The van der Waals surface area contributed by atoms with E-state index in [1.54, 1.807) is 0 Å². The molecule has 0 N–H and O–H groups in total. The highest BCUT2D eigenvalue weighted by atomic mass is 31.0. The van der Waals surface area contributed by atoms with Crippen LogP contribution in [0.5, 0.6) is 0 Å². The van der Waals surface area contributed by atoms with Gasteiger partial charge in [-0.1, -0.05) is 39.6 Å². The average molecular weight is 228 g/mol. The van der Waals surface area contributed by atoms with Gasteiger partial charge in [0.05, 0.1) is 0 Å². The lowest BCUT2D eigenvalue weighted by atomic mass is 10.1. The van der Waals surface area contributed by atoms with E-state index in [1.165, 1.54) is 11.1 Å². The first kappa shape index (κ1) is 14.8. The third-order valence-electron chi connectivity index (χ3n) is 2.31. The number of hydrogen-bond acceptors (Lipinski definition) is 2. The molecule has 0 aliphatic carbocycles. The molecule has 15 heavy (non-hydrogen) atoms. The van der Waals surface area contributed by atoms with E-state index < -0.39 is 0 Å². The summed E-state index contributed by atoms with van der Waals surface area (Å²) in [7, 11) is 2.19. The van der Waals surface area contributed by atoms with E-state index in [1.807, 2.05) is 6.92 Å². The Morgan fingerprint density at radius 3 is 2.40 bits per heavy atom. The molecule has 0 aromatic rings. The highest BCUT2D eigenvalue weighted by Gasteiger charge is 2.01. The van der Waals surface area contributed by atoms with Crippen LogP contribution in [-0.4, -0.2) is 10.9 Å². The normalized spacial score (nSPS) is 14.2. The van der Waals surface area contributed by atoms with Crippen molar-refractivity contribution in [1.82, 2.24) is 4.83 Å². The summed E-state index contributed by atoms with van der Waals surface area (Å²) in [6.07, 6.45) is 7.26. The van der Waals surface area contributed by atoms with E-state index in [9.17, 15) is 5.21 Å². The summed E-state index contributed by atoms with van der Waals surface area (Å²) < 4.78 is 0. The Kier molecular flexibility index (Phi) is 7.95. The lowest BCUT2D eigenvalue weighted by Crippen LogP contribution is -2.17. The molecular formula is C12H23NOP-. The molecule has 0 spiro atoms. The Morgan fingerprint density at radius 2 is 2.00 bits per heavy atom. The summed E-state index contributed by atoms with van der Waals surface area (Å²) in [5.41, 5.74) is 2.65. The van der Waals surface area contributed by atoms with E-state index in [0.717, 1.165) is 24.1 Å². The van der Waals surface area contributed by atoms with Gasteiger partial charge in [-0.25, -0.2) is 0 Å². The first-order chi connectivity index (χ1) is 6.97. The van der Waals surface area contributed by atoms with Gasteiger partial charge in [0.2, 0.25) is 0 Å². The Hall–Kier alpha value is -0.170. The zero-order valence-electron chi connectivity index (χ0n) is 10.3. The van der Waals surface area contributed by atoms with Gasteiger partial charge < -0.3 is 10.0 Å². The second-order valence-corrected chi connectivity index (χ2v) is 4.68. The highest BCUT2D eigenvalue weighted by Crippen LogP contribution is 2.14. The van der Waals surface area contributed by atoms with Crippen LogP contribution in [0.3, 0.4) is 0 Å². The van der Waals surface area contributed by atoms with Crippen LogP contribution in [0.1, 0.15) is 47.0 Å². The average Bonchev–Trinajstić information content (AvgIpc) is 2.13. The fourth-order valence-corrected chi connectivity index (χ4v) is 1.67. The topological polar surface area (TPSA) is 26.3 Å². The molecule has 3 heteroatoms. The van der Waals surface area contributed by atoms with Crippen LogP contribution < -0.4 is 0 Å².